The number of carbonyl (C=O) groups excluding carboxylic acids is 2. The van der Waals surface area contributed by atoms with Gasteiger partial charge in [0, 0.05) is 11.1 Å². The van der Waals surface area contributed by atoms with E-state index in [0.717, 1.165) is 4.90 Å². The van der Waals surface area contributed by atoms with Gasteiger partial charge in [-0.15, -0.1) is 11.8 Å². The van der Waals surface area contributed by atoms with Crippen molar-refractivity contribution in [1.82, 2.24) is 0 Å². The maximum atomic E-state index is 13.3. The SMILES string of the molecule is CCSC1=C(c2ccc(Cl)cc2)C(=O)N(c2cc(OC)ccc2OC)C1=O. The maximum absolute atomic E-state index is 13.3. The van der Waals surface area contributed by atoms with Crippen LogP contribution in [-0.2, 0) is 9.59 Å². The number of benzene rings is 2. The largest absolute Gasteiger partial charge is 0.497 e. The third kappa shape index (κ3) is 3.55. The molecule has 1 aliphatic rings. The summed E-state index contributed by atoms with van der Waals surface area (Å²) in [5.74, 6) is 0.828. The number of hydrogen-bond donors (Lipinski definition) is 0. The van der Waals surface area contributed by atoms with Gasteiger partial charge >= 0.3 is 0 Å². The van der Waals surface area contributed by atoms with Crippen molar-refractivity contribution in [3.8, 4) is 11.5 Å². The number of methoxy groups -OCH3 is 2. The minimum atomic E-state index is -0.398. The first-order valence-electron chi connectivity index (χ1n) is 8.25. The Morgan fingerprint density at radius 1 is 1.00 bits per heavy atom. The zero-order valence-electron chi connectivity index (χ0n) is 15.1. The first-order chi connectivity index (χ1) is 13.0. The summed E-state index contributed by atoms with van der Waals surface area (Å²) in [6.45, 7) is 1.93. The summed E-state index contributed by atoms with van der Waals surface area (Å²) in [5, 5.41) is 0.562. The van der Waals surface area contributed by atoms with Gasteiger partial charge in [0.1, 0.15) is 11.5 Å². The van der Waals surface area contributed by atoms with Gasteiger partial charge in [-0.1, -0.05) is 30.7 Å². The smallest absolute Gasteiger partial charge is 0.272 e. The molecule has 0 N–H and O–H groups in total. The van der Waals surface area contributed by atoms with Gasteiger partial charge in [-0.05, 0) is 35.6 Å². The van der Waals surface area contributed by atoms with Gasteiger partial charge in [0.2, 0.25) is 0 Å². The molecule has 3 rings (SSSR count). The normalized spacial score (nSPS) is 14.1. The number of carbonyl (C=O) groups is 2. The lowest BCUT2D eigenvalue weighted by Gasteiger charge is -2.19. The average Bonchev–Trinajstić information content (AvgIpc) is 2.92. The van der Waals surface area contributed by atoms with Crippen LogP contribution in [0.15, 0.2) is 47.4 Å². The van der Waals surface area contributed by atoms with E-state index in [2.05, 4.69) is 0 Å². The van der Waals surface area contributed by atoms with E-state index in [1.54, 1.807) is 42.5 Å². The number of thioether (sulfide) groups is 1. The molecule has 0 fully saturated rings. The van der Waals surface area contributed by atoms with Crippen LogP contribution >= 0.6 is 23.4 Å². The fraction of sp³-hybridized carbons (Fsp3) is 0.200. The van der Waals surface area contributed by atoms with Crippen molar-refractivity contribution in [2.75, 3.05) is 24.9 Å². The van der Waals surface area contributed by atoms with Crippen molar-refractivity contribution in [1.29, 1.82) is 0 Å². The second kappa shape index (κ2) is 8.06. The summed E-state index contributed by atoms with van der Waals surface area (Å²) in [6, 6.07) is 11.9. The van der Waals surface area contributed by atoms with E-state index < -0.39 is 5.91 Å². The van der Waals surface area contributed by atoms with Crippen LogP contribution < -0.4 is 14.4 Å². The molecule has 2 aromatic carbocycles. The number of hydrogen-bond acceptors (Lipinski definition) is 5. The molecule has 0 unspecified atom stereocenters. The van der Waals surface area contributed by atoms with Crippen LogP contribution in [0.4, 0.5) is 5.69 Å². The topological polar surface area (TPSA) is 55.8 Å². The Morgan fingerprint density at radius 2 is 1.70 bits per heavy atom. The van der Waals surface area contributed by atoms with E-state index in [1.807, 2.05) is 6.92 Å². The van der Waals surface area contributed by atoms with E-state index in [4.69, 9.17) is 21.1 Å². The fourth-order valence-corrected chi connectivity index (χ4v) is 3.83. The van der Waals surface area contributed by atoms with Gasteiger partial charge in [-0.2, -0.15) is 0 Å². The zero-order valence-corrected chi connectivity index (χ0v) is 16.7. The van der Waals surface area contributed by atoms with Crippen LogP contribution in [0.2, 0.25) is 5.02 Å². The number of imide groups is 1. The van der Waals surface area contributed by atoms with Crippen molar-refractivity contribution in [3.05, 3.63) is 58.0 Å². The lowest BCUT2D eigenvalue weighted by Crippen LogP contribution is -2.31. The minimum absolute atomic E-state index is 0.352. The van der Waals surface area contributed by atoms with Gasteiger partial charge in [-0.25, -0.2) is 4.90 Å². The highest BCUT2D eigenvalue weighted by atomic mass is 35.5. The Labute approximate surface area is 166 Å². The number of ether oxygens (including phenoxy) is 2. The van der Waals surface area contributed by atoms with Crippen LogP contribution in [0, 0.1) is 0 Å². The van der Waals surface area contributed by atoms with Crippen LogP contribution in [0.1, 0.15) is 12.5 Å². The maximum Gasteiger partial charge on any atom is 0.272 e. The van der Waals surface area contributed by atoms with Crippen molar-refractivity contribution in [3.63, 3.8) is 0 Å². The quantitative estimate of drug-likeness (QED) is 0.669. The van der Waals surface area contributed by atoms with E-state index in [-0.39, 0.29) is 5.91 Å². The van der Waals surface area contributed by atoms with Crippen LogP contribution in [0.25, 0.3) is 5.57 Å². The molecular weight excluding hydrogens is 386 g/mol. The van der Waals surface area contributed by atoms with Gasteiger partial charge in [0.25, 0.3) is 11.8 Å². The number of anilines is 1. The summed E-state index contributed by atoms with van der Waals surface area (Å²) in [5.41, 5.74) is 1.37. The molecule has 5 nitrogen and oxygen atoms in total. The molecule has 0 atom stereocenters. The molecule has 7 heteroatoms. The summed E-state index contributed by atoms with van der Waals surface area (Å²) in [4.78, 5) is 27.9. The lowest BCUT2D eigenvalue weighted by atomic mass is 10.1. The molecule has 1 aliphatic heterocycles. The fourth-order valence-electron chi connectivity index (χ4n) is 2.85. The molecule has 0 bridgehead atoms. The van der Waals surface area contributed by atoms with Crippen molar-refractivity contribution in [2.45, 2.75) is 6.92 Å². The first-order valence-corrected chi connectivity index (χ1v) is 9.62. The summed E-state index contributed by atoms with van der Waals surface area (Å²) >= 11 is 7.31. The molecule has 0 saturated heterocycles. The molecule has 0 radical (unpaired) electrons. The number of nitrogens with zero attached hydrogens (tertiary/aromatic N) is 1. The highest BCUT2D eigenvalue weighted by Crippen LogP contribution is 2.42. The summed E-state index contributed by atoms with van der Waals surface area (Å²) in [6.07, 6.45) is 0. The molecule has 27 heavy (non-hydrogen) atoms. The Hall–Kier alpha value is -2.44. The highest BCUT2D eigenvalue weighted by molar-refractivity contribution is 8.04. The Bertz CT molecular complexity index is 924. The van der Waals surface area contributed by atoms with E-state index in [0.29, 0.717) is 44.0 Å². The van der Waals surface area contributed by atoms with E-state index >= 15 is 0 Å². The van der Waals surface area contributed by atoms with Gasteiger partial charge in [0.05, 0.1) is 30.4 Å². The number of amides is 2. The van der Waals surface area contributed by atoms with E-state index in [9.17, 15) is 9.59 Å². The van der Waals surface area contributed by atoms with Crippen LogP contribution in [-0.4, -0.2) is 31.8 Å². The van der Waals surface area contributed by atoms with Crippen LogP contribution in [0.3, 0.4) is 0 Å². The summed E-state index contributed by atoms with van der Waals surface area (Å²) < 4.78 is 10.6. The highest BCUT2D eigenvalue weighted by Gasteiger charge is 2.41. The third-order valence-electron chi connectivity index (χ3n) is 4.09. The third-order valence-corrected chi connectivity index (χ3v) is 5.30. The van der Waals surface area contributed by atoms with E-state index in [1.165, 1.54) is 26.0 Å². The second-order valence-corrected chi connectivity index (χ2v) is 7.34. The van der Waals surface area contributed by atoms with Gasteiger partial charge < -0.3 is 9.47 Å². The standard InChI is InChI=1S/C20H18ClNO4S/c1-4-27-18-17(12-5-7-13(21)8-6-12)19(23)22(20(18)24)15-11-14(25-2)9-10-16(15)26-3/h5-11H,4H2,1-3H3. The predicted molar refractivity (Wildman–Crippen MR) is 109 cm³/mol. The number of halogens is 1. The molecule has 0 aromatic heterocycles. The molecule has 2 aromatic rings. The number of rotatable bonds is 6. The average molecular weight is 404 g/mol. The molecule has 140 valence electrons. The second-order valence-electron chi connectivity index (χ2n) is 5.63. The molecule has 0 saturated carbocycles. The lowest BCUT2D eigenvalue weighted by molar-refractivity contribution is -0.119. The monoisotopic (exact) mass is 403 g/mol. The zero-order chi connectivity index (χ0) is 19.6. The van der Waals surface area contributed by atoms with Crippen molar-refractivity contribution >= 4 is 46.4 Å². The summed E-state index contributed by atoms with van der Waals surface area (Å²) in [7, 11) is 3.01. The molecule has 0 aliphatic carbocycles. The van der Waals surface area contributed by atoms with Gasteiger partial charge in [0.15, 0.2) is 0 Å². The Morgan fingerprint density at radius 3 is 2.30 bits per heavy atom. The van der Waals surface area contributed by atoms with Crippen LogP contribution in [0.5, 0.6) is 11.5 Å². The van der Waals surface area contributed by atoms with Gasteiger partial charge in [-0.3, -0.25) is 9.59 Å². The Kier molecular flexibility index (Phi) is 5.77. The Balaban J connectivity index is 2.13. The molecular formula is C20H18ClNO4S. The molecule has 2 amide bonds. The first kappa shape index (κ1) is 19.3. The predicted octanol–water partition coefficient (Wildman–Crippen LogP) is 4.39. The van der Waals surface area contributed by atoms with Crippen molar-refractivity contribution < 1.29 is 19.1 Å². The molecule has 0 spiro atoms. The minimum Gasteiger partial charge on any atom is -0.497 e. The molecule has 1 heterocycles. The van der Waals surface area contributed by atoms with Crippen molar-refractivity contribution in [2.24, 2.45) is 0 Å².